The lowest BCUT2D eigenvalue weighted by molar-refractivity contribution is -0.905. The lowest BCUT2D eigenvalue weighted by Gasteiger charge is -2.40. The van der Waals surface area contributed by atoms with Gasteiger partial charge in [0.15, 0.2) is 6.54 Å². The molecule has 3 N–H and O–H groups in total. The van der Waals surface area contributed by atoms with E-state index in [-0.39, 0.29) is 17.6 Å². The van der Waals surface area contributed by atoms with Crippen LogP contribution in [0.3, 0.4) is 0 Å². The van der Waals surface area contributed by atoms with Crippen molar-refractivity contribution in [3.63, 3.8) is 0 Å². The van der Waals surface area contributed by atoms with Crippen LogP contribution in [0.1, 0.15) is 6.92 Å². The smallest absolute Gasteiger partial charge is 0.279 e. The largest absolute Gasteiger partial charge is 0.506 e. The highest BCUT2D eigenvalue weighted by molar-refractivity contribution is 5.94. The van der Waals surface area contributed by atoms with Crippen molar-refractivity contribution in [2.24, 2.45) is 0 Å². The Labute approximate surface area is 136 Å². The van der Waals surface area contributed by atoms with Crippen molar-refractivity contribution in [2.45, 2.75) is 6.92 Å². The molecule has 7 nitrogen and oxygen atoms in total. The summed E-state index contributed by atoms with van der Waals surface area (Å²) in [5, 5.41) is 15.2. The van der Waals surface area contributed by atoms with Crippen LogP contribution in [-0.2, 0) is 9.59 Å². The number of hydrogen-bond donors (Lipinski definition) is 3. The van der Waals surface area contributed by atoms with E-state index >= 15 is 0 Å². The number of anilines is 2. The number of phenols is 1. The predicted octanol–water partition coefficient (Wildman–Crippen LogP) is 0.681. The van der Waals surface area contributed by atoms with Gasteiger partial charge >= 0.3 is 0 Å². The van der Waals surface area contributed by atoms with Crippen LogP contribution in [0, 0.1) is 0 Å². The fourth-order valence-electron chi connectivity index (χ4n) is 2.66. The number of carbonyl (C=O) groups excluding carboxylic acids is 2. The average molecular weight is 321 g/mol. The third-order valence-electron chi connectivity index (χ3n) is 4.16. The molecule has 1 aliphatic rings. The summed E-state index contributed by atoms with van der Waals surface area (Å²) in [5.74, 6) is -0.411. The molecule has 23 heavy (non-hydrogen) atoms. The molecule has 1 saturated heterocycles. The third-order valence-corrected chi connectivity index (χ3v) is 4.16. The Kier molecular flexibility index (Phi) is 5.23. The van der Waals surface area contributed by atoms with Crippen molar-refractivity contribution < 1.29 is 19.2 Å². The average Bonchev–Trinajstić information content (AvgIpc) is 2.45. The van der Waals surface area contributed by atoms with Gasteiger partial charge in [0, 0.05) is 31.8 Å². The van der Waals surface area contributed by atoms with E-state index in [0.29, 0.717) is 22.4 Å². The predicted molar refractivity (Wildman–Crippen MR) is 89.3 cm³/mol. The Morgan fingerprint density at radius 3 is 2.48 bits per heavy atom. The number of hydrogen-bond acceptors (Lipinski definition) is 4. The van der Waals surface area contributed by atoms with Gasteiger partial charge in [-0.15, -0.1) is 0 Å². The number of rotatable bonds is 4. The molecule has 2 amide bonds. The molecule has 0 saturated carbocycles. The Hall–Kier alpha value is -2.12. The molecule has 0 aliphatic carbocycles. The van der Waals surface area contributed by atoms with Gasteiger partial charge in [-0.1, -0.05) is 0 Å². The second-order valence-electron chi connectivity index (χ2n) is 6.49. The number of amides is 2. The monoisotopic (exact) mass is 321 g/mol. The molecule has 1 heterocycles. The highest BCUT2D eigenvalue weighted by atomic mass is 16.3. The summed E-state index contributed by atoms with van der Waals surface area (Å²) in [6, 6.07) is 4.67. The van der Waals surface area contributed by atoms with Crippen LogP contribution < -0.4 is 10.6 Å². The Bertz CT molecular complexity index is 595. The van der Waals surface area contributed by atoms with Gasteiger partial charge in [-0.05, 0) is 19.2 Å². The number of piperazine rings is 1. The summed E-state index contributed by atoms with van der Waals surface area (Å²) >= 11 is 0. The molecular weight excluding hydrogens is 296 g/mol. The molecule has 1 fully saturated rings. The Morgan fingerprint density at radius 1 is 1.26 bits per heavy atom. The van der Waals surface area contributed by atoms with E-state index in [9.17, 15) is 14.7 Å². The van der Waals surface area contributed by atoms with Crippen molar-refractivity contribution in [1.82, 2.24) is 4.90 Å². The van der Waals surface area contributed by atoms with E-state index in [4.69, 9.17) is 0 Å². The number of carbonyl (C=O) groups is 2. The van der Waals surface area contributed by atoms with Gasteiger partial charge in [0.2, 0.25) is 5.91 Å². The number of quaternary nitrogens is 1. The number of nitrogens with zero attached hydrogens (tertiary/aromatic N) is 2. The zero-order chi connectivity index (χ0) is 17.0. The molecule has 1 aliphatic heterocycles. The van der Waals surface area contributed by atoms with E-state index in [1.54, 1.807) is 12.1 Å². The summed E-state index contributed by atoms with van der Waals surface area (Å²) in [6.07, 6.45) is 0. The van der Waals surface area contributed by atoms with Crippen LogP contribution in [0.4, 0.5) is 11.4 Å². The number of phenolic OH excluding ortho intramolecular Hbond substituents is 1. The third kappa shape index (κ3) is 4.94. The number of likely N-dealkylation sites (N-methyl/N-ethyl adjacent to an activating group) is 2. The molecule has 0 aromatic heterocycles. The molecule has 0 radical (unpaired) electrons. The first-order valence-corrected chi connectivity index (χ1v) is 7.70. The van der Waals surface area contributed by atoms with Crippen LogP contribution in [0.15, 0.2) is 18.2 Å². The molecule has 0 unspecified atom stereocenters. The fourth-order valence-corrected chi connectivity index (χ4v) is 2.66. The van der Waals surface area contributed by atoms with Crippen LogP contribution in [-0.4, -0.2) is 73.1 Å². The highest BCUT2D eigenvalue weighted by Crippen LogP contribution is 2.26. The maximum atomic E-state index is 12.2. The van der Waals surface area contributed by atoms with Crippen molar-refractivity contribution in [3.8, 4) is 5.75 Å². The highest BCUT2D eigenvalue weighted by Gasteiger charge is 2.29. The van der Waals surface area contributed by atoms with E-state index in [0.717, 1.165) is 26.2 Å². The van der Waals surface area contributed by atoms with Gasteiger partial charge in [0.05, 0.1) is 25.8 Å². The van der Waals surface area contributed by atoms with Crippen molar-refractivity contribution in [3.05, 3.63) is 18.2 Å². The Balaban J connectivity index is 1.95. The second-order valence-corrected chi connectivity index (χ2v) is 6.49. The first-order chi connectivity index (χ1) is 10.8. The minimum Gasteiger partial charge on any atom is -0.506 e. The molecule has 1 aromatic rings. The standard InChI is InChI=1S/C16H24N4O3/c1-12(21)17-14-5-4-13(10-15(14)22)18-16(23)11-20(3)8-6-19(2)7-9-20/h4-5,10H,6-9,11H2,1-3H3,(H2-,17,18,21,22,23)/p+1. The van der Waals surface area contributed by atoms with Crippen LogP contribution in [0.25, 0.3) is 0 Å². The van der Waals surface area contributed by atoms with Gasteiger partial charge in [-0.25, -0.2) is 0 Å². The molecule has 7 heteroatoms. The second kappa shape index (κ2) is 6.97. The van der Waals surface area contributed by atoms with Gasteiger partial charge in [-0.2, -0.15) is 0 Å². The van der Waals surface area contributed by atoms with Gasteiger partial charge in [-0.3, -0.25) is 14.5 Å². The lowest BCUT2D eigenvalue weighted by atomic mass is 10.2. The summed E-state index contributed by atoms with van der Waals surface area (Å²) in [7, 11) is 4.17. The van der Waals surface area contributed by atoms with E-state index < -0.39 is 0 Å². The molecule has 2 rings (SSSR count). The fraction of sp³-hybridized carbons (Fsp3) is 0.500. The van der Waals surface area contributed by atoms with Crippen molar-refractivity contribution in [2.75, 3.05) is 57.5 Å². The van der Waals surface area contributed by atoms with E-state index in [1.165, 1.54) is 13.0 Å². The van der Waals surface area contributed by atoms with Gasteiger partial charge < -0.3 is 20.2 Å². The molecular formula is C16H25N4O3+. The van der Waals surface area contributed by atoms with Gasteiger partial charge in [0.25, 0.3) is 5.91 Å². The van der Waals surface area contributed by atoms with E-state index in [2.05, 4.69) is 29.6 Å². The molecule has 0 atom stereocenters. The topological polar surface area (TPSA) is 81.7 Å². The SMILES string of the molecule is CC(=O)Nc1ccc(NC(=O)C[N+]2(C)CCN(C)CC2)cc1O. The minimum absolute atomic E-state index is 0.0713. The van der Waals surface area contributed by atoms with Crippen LogP contribution in [0.5, 0.6) is 5.75 Å². The lowest BCUT2D eigenvalue weighted by Crippen LogP contribution is -2.58. The summed E-state index contributed by atoms with van der Waals surface area (Å²) in [6.45, 7) is 5.62. The summed E-state index contributed by atoms with van der Waals surface area (Å²) in [4.78, 5) is 25.5. The molecule has 126 valence electrons. The summed E-state index contributed by atoms with van der Waals surface area (Å²) < 4.78 is 0.714. The maximum absolute atomic E-state index is 12.2. The summed E-state index contributed by atoms with van der Waals surface area (Å²) in [5.41, 5.74) is 0.843. The zero-order valence-electron chi connectivity index (χ0n) is 13.9. The van der Waals surface area contributed by atoms with Crippen molar-refractivity contribution >= 4 is 23.2 Å². The Morgan fingerprint density at radius 2 is 1.91 bits per heavy atom. The number of benzene rings is 1. The molecule has 0 bridgehead atoms. The quantitative estimate of drug-likeness (QED) is 0.563. The molecule has 1 aromatic carbocycles. The van der Waals surface area contributed by atoms with Crippen LogP contribution in [0.2, 0.25) is 0 Å². The molecule has 0 spiro atoms. The van der Waals surface area contributed by atoms with Crippen molar-refractivity contribution in [1.29, 1.82) is 0 Å². The van der Waals surface area contributed by atoms with E-state index in [1.807, 2.05) is 0 Å². The number of aromatic hydroxyl groups is 1. The minimum atomic E-state index is -0.260. The number of nitrogens with one attached hydrogen (secondary N) is 2. The maximum Gasteiger partial charge on any atom is 0.279 e. The first kappa shape index (κ1) is 17.2. The normalized spacial score (nSPS) is 17.5. The van der Waals surface area contributed by atoms with Crippen LogP contribution >= 0.6 is 0 Å². The zero-order valence-corrected chi connectivity index (χ0v) is 13.9. The first-order valence-electron chi connectivity index (χ1n) is 7.70. The van der Waals surface area contributed by atoms with Gasteiger partial charge in [0.1, 0.15) is 5.75 Å².